The first-order valence-corrected chi connectivity index (χ1v) is 10.7. The van der Waals surface area contributed by atoms with Crippen LogP contribution < -0.4 is 9.47 Å². The molecule has 0 spiro atoms. The molecule has 0 saturated heterocycles. The molecule has 2 aliphatic rings. The fourth-order valence-corrected chi connectivity index (χ4v) is 4.26. The molecule has 2 atom stereocenters. The number of hydrogen-bond donors (Lipinski definition) is 0. The van der Waals surface area contributed by atoms with Gasteiger partial charge in [-0.1, -0.05) is 54.1 Å². The molecule has 5 rings (SSSR count). The highest BCUT2D eigenvalue weighted by Gasteiger charge is 2.41. The number of halogens is 1. The molecule has 0 fully saturated rings. The van der Waals surface area contributed by atoms with E-state index in [2.05, 4.69) is 42.8 Å². The molecule has 0 radical (unpaired) electrons. The number of aryl methyl sites for hydroxylation is 1. The van der Waals surface area contributed by atoms with E-state index in [0.717, 1.165) is 40.3 Å². The van der Waals surface area contributed by atoms with Gasteiger partial charge in [0.05, 0.1) is 11.8 Å². The molecule has 3 aromatic carbocycles. The average molecular weight is 431 g/mol. The molecular weight excluding hydrogens is 408 g/mol. The molecule has 0 aromatic heterocycles. The fourth-order valence-electron chi connectivity index (χ4n) is 4.08. The third kappa shape index (κ3) is 3.79. The smallest absolute Gasteiger partial charge is 0.213 e. The van der Waals surface area contributed by atoms with Gasteiger partial charge in [-0.3, -0.25) is 0 Å². The average Bonchev–Trinajstić information content (AvgIpc) is 3.24. The molecule has 31 heavy (non-hydrogen) atoms. The van der Waals surface area contributed by atoms with Crippen molar-refractivity contribution in [3.05, 3.63) is 107 Å². The number of ether oxygens (including phenoxy) is 2. The Balaban J connectivity index is 1.52. The molecule has 2 heterocycles. The number of hydrazone groups is 1. The molecule has 0 amide bonds. The van der Waals surface area contributed by atoms with E-state index in [9.17, 15) is 0 Å². The molecule has 0 N–H and O–H groups in total. The number of benzene rings is 3. The topological polar surface area (TPSA) is 34.1 Å². The van der Waals surface area contributed by atoms with Gasteiger partial charge in [-0.2, -0.15) is 5.10 Å². The van der Waals surface area contributed by atoms with Crippen LogP contribution in [0.1, 0.15) is 40.9 Å². The van der Waals surface area contributed by atoms with Gasteiger partial charge in [0.2, 0.25) is 6.23 Å². The number of fused-ring (bicyclic) bond motifs is 3. The zero-order valence-electron chi connectivity index (χ0n) is 17.3. The van der Waals surface area contributed by atoms with Crippen molar-refractivity contribution >= 4 is 17.3 Å². The van der Waals surface area contributed by atoms with Crippen molar-refractivity contribution in [1.29, 1.82) is 0 Å². The second kappa shape index (κ2) is 8.12. The van der Waals surface area contributed by atoms with Crippen molar-refractivity contribution in [1.82, 2.24) is 5.01 Å². The molecule has 3 aromatic rings. The molecule has 0 saturated carbocycles. The monoisotopic (exact) mass is 430 g/mol. The lowest BCUT2D eigenvalue weighted by atomic mass is 9.95. The second-order valence-corrected chi connectivity index (χ2v) is 8.27. The van der Waals surface area contributed by atoms with Gasteiger partial charge in [-0.05, 0) is 55.0 Å². The van der Waals surface area contributed by atoms with E-state index in [1.165, 1.54) is 5.56 Å². The zero-order valence-corrected chi connectivity index (χ0v) is 18.0. The van der Waals surface area contributed by atoms with Crippen molar-refractivity contribution in [3.63, 3.8) is 0 Å². The maximum atomic E-state index is 6.41. The highest BCUT2D eigenvalue weighted by Crippen LogP contribution is 2.48. The number of rotatable bonds is 5. The van der Waals surface area contributed by atoms with Crippen molar-refractivity contribution in [2.75, 3.05) is 6.61 Å². The first-order valence-electron chi connectivity index (χ1n) is 10.3. The summed E-state index contributed by atoms with van der Waals surface area (Å²) in [5.41, 5.74) is 5.51. The summed E-state index contributed by atoms with van der Waals surface area (Å²) in [6.45, 7) is 6.26. The Morgan fingerprint density at radius 2 is 1.90 bits per heavy atom. The van der Waals surface area contributed by atoms with Gasteiger partial charge in [0.25, 0.3) is 0 Å². The molecule has 4 nitrogen and oxygen atoms in total. The van der Waals surface area contributed by atoms with Crippen LogP contribution in [0.3, 0.4) is 0 Å². The van der Waals surface area contributed by atoms with Gasteiger partial charge in [0, 0.05) is 22.6 Å². The van der Waals surface area contributed by atoms with Crippen molar-refractivity contribution < 1.29 is 9.47 Å². The predicted molar refractivity (Wildman–Crippen MR) is 124 cm³/mol. The Bertz CT molecular complexity index is 1140. The van der Waals surface area contributed by atoms with Crippen LogP contribution in [0.15, 0.2) is 84.5 Å². The molecule has 5 heteroatoms. The first-order chi connectivity index (χ1) is 15.1. The Morgan fingerprint density at radius 3 is 2.65 bits per heavy atom. The highest BCUT2D eigenvalue weighted by molar-refractivity contribution is 6.30. The van der Waals surface area contributed by atoms with Crippen LogP contribution in [0, 0.1) is 6.92 Å². The normalized spacial score (nSPS) is 19.2. The van der Waals surface area contributed by atoms with E-state index in [0.29, 0.717) is 11.6 Å². The van der Waals surface area contributed by atoms with E-state index in [-0.39, 0.29) is 12.3 Å². The minimum Gasteiger partial charge on any atom is -0.490 e. The lowest BCUT2D eigenvalue weighted by molar-refractivity contribution is -0.0190. The van der Waals surface area contributed by atoms with Gasteiger partial charge in [-0.15, -0.1) is 0 Å². The summed E-state index contributed by atoms with van der Waals surface area (Å²) in [6.07, 6.45) is 2.21. The number of hydrogen-bond acceptors (Lipinski definition) is 4. The van der Waals surface area contributed by atoms with Crippen LogP contribution >= 0.6 is 11.6 Å². The van der Waals surface area contributed by atoms with Gasteiger partial charge < -0.3 is 9.47 Å². The summed E-state index contributed by atoms with van der Waals surface area (Å²) in [4.78, 5) is 0. The van der Waals surface area contributed by atoms with E-state index in [1.54, 1.807) is 6.08 Å². The van der Waals surface area contributed by atoms with E-state index in [1.807, 2.05) is 42.5 Å². The van der Waals surface area contributed by atoms with Gasteiger partial charge >= 0.3 is 0 Å². The molecular formula is C26H23ClN2O2. The van der Waals surface area contributed by atoms with Crippen LogP contribution in [0.4, 0.5) is 0 Å². The van der Waals surface area contributed by atoms with Crippen LogP contribution in [-0.4, -0.2) is 17.3 Å². The summed E-state index contributed by atoms with van der Waals surface area (Å²) in [5.74, 6) is 1.65. The van der Waals surface area contributed by atoms with Crippen LogP contribution in [0.2, 0.25) is 5.02 Å². The zero-order chi connectivity index (χ0) is 21.4. The molecule has 0 bridgehead atoms. The second-order valence-electron chi connectivity index (χ2n) is 7.83. The summed E-state index contributed by atoms with van der Waals surface area (Å²) >= 11 is 6.32. The minimum absolute atomic E-state index is 0.0699. The van der Waals surface area contributed by atoms with Crippen molar-refractivity contribution in [2.24, 2.45) is 5.10 Å². The largest absolute Gasteiger partial charge is 0.490 e. The third-order valence-corrected chi connectivity index (χ3v) is 5.90. The van der Waals surface area contributed by atoms with Crippen LogP contribution in [0.5, 0.6) is 11.5 Å². The lowest BCUT2D eigenvalue weighted by Crippen LogP contribution is -2.33. The molecule has 0 aliphatic carbocycles. The highest BCUT2D eigenvalue weighted by atomic mass is 35.5. The van der Waals surface area contributed by atoms with E-state index >= 15 is 0 Å². The SMILES string of the molecule is C=CCOc1ccc([C@@H]2Oc3ccc(Cl)cc3[C@H]3CC(c4ccc(C)cc4)=NN32)cc1. The minimum atomic E-state index is -0.324. The van der Waals surface area contributed by atoms with Gasteiger partial charge in [-0.25, -0.2) is 5.01 Å². The molecule has 0 unspecified atom stereocenters. The summed E-state index contributed by atoms with van der Waals surface area (Å²) < 4.78 is 12.0. The quantitative estimate of drug-likeness (QED) is 0.436. The summed E-state index contributed by atoms with van der Waals surface area (Å²) in [5, 5.41) is 7.77. The Hall–Kier alpha value is -3.24. The third-order valence-electron chi connectivity index (χ3n) is 5.67. The van der Waals surface area contributed by atoms with Crippen LogP contribution in [-0.2, 0) is 0 Å². The summed E-state index contributed by atoms with van der Waals surface area (Å²) in [7, 11) is 0. The molecule has 156 valence electrons. The van der Waals surface area contributed by atoms with Crippen LogP contribution in [0.25, 0.3) is 0 Å². The van der Waals surface area contributed by atoms with Crippen molar-refractivity contribution in [2.45, 2.75) is 25.6 Å². The van der Waals surface area contributed by atoms with Crippen molar-refractivity contribution in [3.8, 4) is 11.5 Å². The maximum absolute atomic E-state index is 6.41. The van der Waals surface area contributed by atoms with E-state index in [4.69, 9.17) is 26.2 Å². The van der Waals surface area contributed by atoms with Gasteiger partial charge in [0.15, 0.2) is 0 Å². The fraction of sp³-hybridized carbons (Fsp3) is 0.192. The van der Waals surface area contributed by atoms with Gasteiger partial charge in [0.1, 0.15) is 18.1 Å². The lowest BCUT2D eigenvalue weighted by Gasteiger charge is -2.38. The standard InChI is InChI=1S/C26H23ClN2O2/c1-3-14-30-21-11-8-19(9-12-21)26-29-24(22-15-20(27)10-13-25(22)31-26)16-23(28-29)18-6-4-17(2)5-7-18/h3-13,15,24,26H,1,14,16H2,2H3/t24-,26+/m1/s1. The predicted octanol–water partition coefficient (Wildman–Crippen LogP) is 6.46. The Kier molecular flexibility index (Phi) is 5.16. The number of nitrogens with zero attached hydrogens (tertiary/aromatic N) is 2. The molecule has 2 aliphatic heterocycles. The van der Waals surface area contributed by atoms with E-state index < -0.39 is 0 Å². The Labute approximate surface area is 187 Å². The Morgan fingerprint density at radius 1 is 1.13 bits per heavy atom. The summed E-state index contributed by atoms with van der Waals surface area (Å²) in [6, 6.07) is 22.4. The first kappa shape index (κ1) is 19.7. The maximum Gasteiger partial charge on any atom is 0.213 e.